The minimum absolute atomic E-state index is 0.153. The van der Waals surface area contributed by atoms with Crippen molar-refractivity contribution in [2.75, 3.05) is 20.3 Å². The smallest absolute Gasteiger partial charge is 0.161 e. The summed E-state index contributed by atoms with van der Waals surface area (Å²) in [7, 11) is 1.55. The van der Waals surface area contributed by atoms with Crippen molar-refractivity contribution in [2.24, 2.45) is 5.41 Å². The predicted octanol–water partition coefficient (Wildman–Crippen LogP) is 4.54. The molecule has 0 saturated heterocycles. The molecule has 0 bridgehead atoms. The van der Waals surface area contributed by atoms with Gasteiger partial charge < -0.3 is 14.6 Å². The fourth-order valence-corrected chi connectivity index (χ4v) is 3.53. The Labute approximate surface area is 149 Å². The molecule has 1 aliphatic carbocycles. The highest BCUT2D eigenvalue weighted by molar-refractivity contribution is 5.55. The molecule has 3 rings (SSSR count). The molecule has 1 unspecified atom stereocenters. The Morgan fingerprint density at radius 1 is 1.12 bits per heavy atom. The van der Waals surface area contributed by atoms with Crippen molar-refractivity contribution >= 4 is 6.08 Å². The molecule has 0 fully saturated rings. The van der Waals surface area contributed by atoms with Gasteiger partial charge in [0.15, 0.2) is 11.5 Å². The van der Waals surface area contributed by atoms with Crippen molar-refractivity contribution < 1.29 is 14.6 Å². The average Bonchev–Trinajstić information content (AvgIpc) is 2.91. The molecule has 3 nitrogen and oxygen atoms in total. The van der Waals surface area contributed by atoms with Crippen LogP contribution in [0.25, 0.3) is 6.08 Å². The zero-order valence-electron chi connectivity index (χ0n) is 15.2. The molecule has 132 valence electrons. The van der Waals surface area contributed by atoms with Crippen LogP contribution in [0.1, 0.15) is 29.2 Å². The van der Waals surface area contributed by atoms with Gasteiger partial charge in [-0.15, -0.1) is 0 Å². The van der Waals surface area contributed by atoms with Crippen LogP contribution in [-0.4, -0.2) is 25.4 Å². The Hall–Kier alpha value is -2.26. The van der Waals surface area contributed by atoms with E-state index < -0.39 is 0 Å². The number of benzene rings is 2. The summed E-state index contributed by atoms with van der Waals surface area (Å²) >= 11 is 0. The number of rotatable bonds is 6. The molecule has 1 atom stereocenters. The van der Waals surface area contributed by atoms with Gasteiger partial charge in [-0.2, -0.15) is 0 Å². The third kappa shape index (κ3) is 4.23. The average molecular weight is 338 g/mol. The Morgan fingerprint density at radius 2 is 1.92 bits per heavy atom. The number of phenolic OH excluding ortho intramolecular Hbond substituents is 1. The van der Waals surface area contributed by atoms with Gasteiger partial charge in [-0.25, -0.2) is 0 Å². The Bertz CT molecular complexity index is 779. The first kappa shape index (κ1) is 17.6. The molecule has 3 heteroatoms. The number of hydrogen-bond acceptors (Lipinski definition) is 3. The number of aromatic hydroxyl groups is 1. The SMILES string of the molecule is COc1cc(/C=C/COCC2(C)Cc3ccc(C)cc3C2)ccc1O. The van der Waals surface area contributed by atoms with Gasteiger partial charge in [-0.3, -0.25) is 0 Å². The largest absolute Gasteiger partial charge is 0.504 e. The zero-order chi connectivity index (χ0) is 17.9. The lowest BCUT2D eigenvalue weighted by Gasteiger charge is -2.22. The number of phenols is 1. The molecule has 0 amide bonds. The highest BCUT2D eigenvalue weighted by Gasteiger charge is 2.32. The summed E-state index contributed by atoms with van der Waals surface area (Å²) in [5.41, 5.74) is 5.43. The molecule has 0 aromatic heterocycles. The van der Waals surface area contributed by atoms with Crippen LogP contribution >= 0.6 is 0 Å². The quantitative estimate of drug-likeness (QED) is 0.786. The molecule has 0 aliphatic heterocycles. The fraction of sp³-hybridized carbons (Fsp3) is 0.364. The molecule has 2 aromatic rings. The first-order valence-corrected chi connectivity index (χ1v) is 8.69. The number of hydrogen-bond donors (Lipinski definition) is 1. The first-order chi connectivity index (χ1) is 12.0. The van der Waals surface area contributed by atoms with Crippen LogP contribution < -0.4 is 4.74 Å². The minimum Gasteiger partial charge on any atom is -0.504 e. The standard InChI is InChI=1S/C22H26O3/c1-16-6-8-18-13-22(2,14-19(18)11-16)15-25-10-4-5-17-7-9-20(23)21(12-17)24-3/h4-9,11-12,23H,10,13-15H2,1-3H3/b5-4+. The summed E-state index contributed by atoms with van der Waals surface area (Å²) in [5, 5.41) is 9.61. The van der Waals surface area contributed by atoms with E-state index in [0.29, 0.717) is 12.4 Å². The van der Waals surface area contributed by atoms with Crippen LogP contribution in [0.4, 0.5) is 0 Å². The van der Waals surface area contributed by atoms with Crippen LogP contribution in [0.5, 0.6) is 11.5 Å². The van der Waals surface area contributed by atoms with Crippen molar-refractivity contribution in [1.82, 2.24) is 0 Å². The van der Waals surface area contributed by atoms with Gasteiger partial charge in [0.05, 0.1) is 20.3 Å². The molecule has 1 aliphatic rings. The van der Waals surface area contributed by atoms with Crippen LogP contribution in [0.2, 0.25) is 0 Å². The van der Waals surface area contributed by atoms with Gasteiger partial charge in [0.25, 0.3) is 0 Å². The monoisotopic (exact) mass is 338 g/mol. The Morgan fingerprint density at radius 3 is 2.72 bits per heavy atom. The first-order valence-electron chi connectivity index (χ1n) is 8.69. The molecule has 1 N–H and O–H groups in total. The van der Waals surface area contributed by atoms with E-state index in [2.05, 4.69) is 32.0 Å². The molecule has 0 saturated carbocycles. The van der Waals surface area contributed by atoms with Crippen molar-refractivity contribution in [3.63, 3.8) is 0 Å². The van der Waals surface area contributed by atoms with Crippen molar-refractivity contribution in [1.29, 1.82) is 0 Å². The van der Waals surface area contributed by atoms with Crippen LogP contribution in [0, 0.1) is 12.3 Å². The maximum absolute atomic E-state index is 9.61. The van der Waals surface area contributed by atoms with E-state index >= 15 is 0 Å². The third-order valence-corrected chi connectivity index (χ3v) is 4.77. The second kappa shape index (κ2) is 7.32. The van der Waals surface area contributed by atoms with Crippen molar-refractivity contribution in [3.05, 3.63) is 64.7 Å². The summed E-state index contributed by atoms with van der Waals surface area (Å²) in [6.07, 6.45) is 6.16. The Balaban J connectivity index is 1.50. The van der Waals surface area contributed by atoms with Gasteiger partial charge in [0, 0.05) is 0 Å². The topological polar surface area (TPSA) is 38.7 Å². The fourth-order valence-electron chi connectivity index (χ4n) is 3.53. The van der Waals surface area contributed by atoms with Gasteiger partial charge in [-0.05, 0) is 54.0 Å². The second-order valence-corrected chi connectivity index (χ2v) is 7.29. The third-order valence-electron chi connectivity index (χ3n) is 4.77. The van der Waals surface area contributed by atoms with E-state index in [0.717, 1.165) is 25.0 Å². The molecule has 0 heterocycles. The van der Waals surface area contributed by atoms with Crippen LogP contribution in [-0.2, 0) is 17.6 Å². The number of ether oxygens (including phenoxy) is 2. The van der Waals surface area contributed by atoms with Crippen LogP contribution in [0.15, 0.2) is 42.5 Å². The summed E-state index contributed by atoms with van der Waals surface area (Å²) in [6.45, 7) is 5.78. The second-order valence-electron chi connectivity index (χ2n) is 7.29. The zero-order valence-corrected chi connectivity index (χ0v) is 15.2. The normalized spacial score (nSPS) is 19.3. The van der Waals surface area contributed by atoms with E-state index in [9.17, 15) is 5.11 Å². The predicted molar refractivity (Wildman–Crippen MR) is 101 cm³/mol. The van der Waals surface area contributed by atoms with E-state index in [4.69, 9.17) is 9.47 Å². The van der Waals surface area contributed by atoms with Crippen molar-refractivity contribution in [3.8, 4) is 11.5 Å². The number of fused-ring (bicyclic) bond motifs is 1. The van der Waals surface area contributed by atoms with E-state index in [1.807, 2.05) is 24.3 Å². The maximum Gasteiger partial charge on any atom is 0.161 e. The van der Waals surface area contributed by atoms with E-state index in [1.54, 1.807) is 13.2 Å². The highest BCUT2D eigenvalue weighted by atomic mass is 16.5. The highest BCUT2D eigenvalue weighted by Crippen LogP contribution is 2.37. The number of aryl methyl sites for hydroxylation is 1. The summed E-state index contributed by atoms with van der Waals surface area (Å²) in [6, 6.07) is 12.1. The molecule has 2 aromatic carbocycles. The summed E-state index contributed by atoms with van der Waals surface area (Å²) in [5.74, 6) is 0.634. The molecule has 0 spiro atoms. The van der Waals surface area contributed by atoms with Crippen molar-refractivity contribution in [2.45, 2.75) is 26.7 Å². The summed E-state index contributed by atoms with van der Waals surface area (Å²) < 4.78 is 11.0. The number of methoxy groups -OCH3 is 1. The molecule has 0 radical (unpaired) electrons. The molecular weight excluding hydrogens is 312 g/mol. The lowest BCUT2D eigenvalue weighted by Crippen LogP contribution is -2.23. The lowest BCUT2D eigenvalue weighted by molar-refractivity contribution is 0.0762. The minimum atomic E-state index is 0.153. The maximum atomic E-state index is 9.61. The Kier molecular flexibility index (Phi) is 5.14. The van der Waals surface area contributed by atoms with Gasteiger partial charge in [0.1, 0.15) is 0 Å². The summed E-state index contributed by atoms with van der Waals surface area (Å²) in [4.78, 5) is 0. The molecular formula is C22H26O3. The van der Waals surface area contributed by atoms with Gasteiger partial charge >= 0.3 is 0 Å². The van der Waals surface area contributed by atoms with E-state index in [-0.39, 0.29) is 11.2 Å². The molecule has 25 heavy (non-hydrogen) atoms. The lowest BCUT2D eigenvalue weighted by atomic mass is 9.88. The van der Waals surface area contributed by atoms with E-state index in [1.165, 1.54) is 16.7 Å². The van der Waals surface area contributed by atoms with Crippen LogP contribution in [0.3, 0.4) is 0 Å². The van der Waals surface area contributed by atoms with Gasteiger partial charge in [0.2, 0.25) is 0 Å². The van der Waals surface area contributed by atoms with Gasteiger partial charge in [-0.1, -0.05) is 48.9 Å².